The van der Waals surface area contributed by atoms with Gasteiger partial charge in [0.1, 0.15) is 5.03 Å². The van der Waals surface area contributed by atoms with Gasteiger partial charge in [-0.1, -0.05) is 74.1 Å². The van der Waals surface area contributed by atoms with Crippen LogP contribution in [0.1, 0.15) is 45.2 Å². The Morgan fingerprint density at radius 1 is 0.943 bits per heavy atom. The fourth-order valence-corrected chi connectivity index (χ4v) is 5.76. The lowest BCUT2D eigenvalue weighted by Gasteiger charge is -2.29. The monoisotopic (exact) mass is 485 g/mol. The number of aryl methyl sites for hydroxylation is 1. The number of hydrogen-bond donors (Lipinski definition) is 0. The van der Waals surface area contributed by atoms with Gasteiger partial charge in [-0.3, -0.25) is 4.79 Å². The predicted molar refractivity (Wildman–Crippen MR) is 142 cm³/mol. The predicted octanol–water partition coefficient (Wildman–Crippen LogP) is 5.93. The molecule has 1 fully saturated rings. The summed E-state index contributed by atoms with van der Waals surface area (Å²) in [6, 6.07) is 20.1. The van der Waals surface area contributed by atoms with Crippen LogP contribution in [-0.4, -0.2) is 48.9 Å². The van der Waals surface area contributed by atoms with Crippen molar-refractivity contribution in [3.05, 3.63) is 66.4 Å². The molecule has 5 rings (SSSR count). The zero-order valence-electron chi connectivity index (χ0n) is 20.4. The summed E-state index contributed by atoms with van der Waals surface area (Å²) in [6.07, 6.45) is 4.90. The van der Waals surface area contributed by atoms with E-state index >= 15 is 0 Å². The molecular weight excluding hydrogens is 454 g/mol. The van der Waals surface area contributed by atoms with Crippen LogP contribution in [0.25, 0.3) is 28.1 Å². The quantitative estimate of drug-likeness (QED) is 0.240. The first-order valence-corrected chi connectivity index (χ1v) is 13.4. The summed E-state index contributed by atoms with van der Waals surface area (Å²) in [7, 11) is 0. The number of para-hydroxylation sites is 1. The first-order chi connectivity index (χ1) is 17.2. The Hall–Kier alpha value is -3.19. The third-order valence-corrected chi connectivity index (χ3v) is 7.84. The number of aromatic nitrogens is 4. The van der Waals surface area contributed by atoms with Crippen molar-refractivity contribution >= 4 is 28.7 Å². The lowest BCUT2D eigenvalue weighted by molar-refractivity contribution is -0.131. The van der Waals surface area contributed by atoms with E-state index in [1.54, 1.807) is 11.8 Å². The van der Waals surface area contributed by atoms with Crippen LogP contribution < -0.4 is 0 Å². The fourth-order valence-electron chi connectivity index (χ4n) is 4.61. The smallest absolute Gasteiger partial charge is 0.236 e. The molecular formula is C28H31N5OS. The van der Waals surface area contributed by atoms with Crippen molar-refractivity contribution in [3.8, 4) is 17.1 Å². The summed E-state index contributed by atoms with van der Waals surface area (Å²) in [6.45, 7) is 5.91. The highest BCUT2D eigenvalue weighted by atomic mass is 32.2. The van der Waals surface area contributed by atoms with E-state index < -0.39 is 0 Å². The maximum Gasteiger partial charge on any atom is 0.236 e. The molecule has 0 unspecified atom stereocenters. The third kappa shape index (κ3) is 4.82. The molecule has 1 aliphatic rings. The number of nitrogens with zero attached hydrogens (tertiary/aromatic N) is 5. The molecule has 0 radical (unpaired) electrons. The van der Waals surface area contributed by atoms with Crippen LogP contribution in [0.2, 0.25) is 0 Å². The molecule has 7 heteroatoms. The molecule has 4 aromatic rings. The SMILES string of the molecule is CCc1nn(-c2ccccc2)c2nc(-c3ccccc3)nc(S[C@@H](CC)C(=O)N3CCCCC3)c12. The standard InChI is InChI=1S/C28H31N5OS/c1-3-22-24-26(33(31-22)21-16-10-6-11-17-21)29-25(20-14-8-5-9-15-20)30-27(24)35-23(4-2)28(34)32-18-12-7-13-19-32/h5-6,8-11,14-17,23H,3-4,7,12-13,18-19H2,1-2H3/t23-/m0/s1. The first kappa shape index (κ1) is 23.5. The summed E-state index contributed by atoms with van der Waals surface area (Å²) in [5.74, 6) is 0.874. The molecule has 0 N–H and O–H groups in total. The number of rotatable bonds is 7. The summed E-state index contributed by atoms with van der Waals surface area (Å²) >= 11 is 1.57. The van der Waals surface area contributed by atoms with E-state index in [4.69, 9.17) is 15.1 Å². The van der Waals surface area contributed by atoms with E-state index in [0.29, 0.717) is 5.82 Å². The van der Waals surface area contributed by atoms with Gasteiger partial charge in [-0.25, -0.2) is 14.6 Å². The maximum absolute atomic E-state index is 13.4. The highest BCUT2D eigenvalue weighted by Crippen LogP contribution is 2.36. The molecule has 2 aromatic carbocycles. The minimum atomic E-state index is -0.181. The van der Waals surface area contributed by atoms with Crippen molar-refractivity contribution < 1.29 is 4.79 Å². The Labute approximate surface area is 210 Å². The second kappa shape index (κ2) is 10.6. The topological polar surface area (TPSA) is 63.9 Å². The van der Waals surface area contributed by atoms with E-state index in [1.165, 1.54) is 6.42 Å². The van der Waals surface area contributed by atoms with Gasteiger partial charge >= 0.3 is 0 Å². The van der Waals surface area contributed by atoms with Gasteiger partial charge in [-0.2, -0.15) is 5.10 Å². The normalized spacial score (nSPS) is 14.9. The fraction of sp³-hybridized carbons (Fsp3) is 0.357. The van der Waals surface area contributed by atoms with Crippen LogP contribution in [-0.2, 0) is 11.2 Å². The molecule has 35 heavy (non-hydrogen) atoms. The average molecular weight is 486 g/mol. The second-order valence-electron chi connectivity index (χ2n) is 8.87. The minimum absolute atomic E-state index is 0.181. The average Bonchev–Trinajstić information content (AvgIpc) is 3.31. The number of thioether (sulfide) groups is 1. The zero-order chi connectivity index (χ0) is 24.2. The molecule has 6 nitrogen and oxygen atoms in total. The number of fused-ring (bicyclic) bond motifs is 1. The third-order valence-electron chi connectivity index (χ3n) is 6.50. The Balaban J connectivity index is 1.65. The lowest BCUT2D eigenvalue weighted by atomic mass is 10.1. The van der Waals surface area contributed by atoms with E-state index in [9.17, 15) is 4.79 Å². The molecule has 1 aliphatic heterocycles. The second-order valence-corrected chi connectivity index (χ2v) is 10.1. The van der Waals surface area contributed by atoms with E-state index in [1.807, 2.05) is 70.2 Å². The van der Waals surface area contributed by atoms with Crippen LogP contribution in [0.4, 0.5) is 0 Å². The Bertz CT molecular complexity index is 1300. The van der Waals surface area contributed by atoms with E-state index in [0.717, 1.165) is 71.8 Å². The van der Waals surface area contributed by atoms with E-state index in [2.05, 4.69) is 13.8 Å². The van der Waals surface area contributed by atoms with Crippen LogP contribution in [0, 0.1) is 0 Å². The van der Waals surface area contributed by atoms with Gasteiger partial charge in [0.2, 0.25) is 5.91 Å². The molecule has 0 aliphatic carbocycles. The van der Waals surface area contributed by atoms with E-state index in [-0.39, 0.29) is 11.2 Å². The van der Waals surface area contributed by atoms with Crippen molar-refractivity contribution in [2.24, 2.45) is 0 Å². The molecule has 0 bridgehead atoms. The van der Waals surface area contributed by atoms with Crippen LogP contribution >= 0.6 is 11.8 Å². The number of piperidine rings is 1. The molecule has 180 valence electrons. The van der Waals surface area contributed by atoms with Crippen molar-refractivity contribution in [1.29, 1.82) is 0 Å². The number of amides is 1. The van der Waals surface area contributed by atoms with Gasteiger partial charge in [-0.15, -0.1) is 0 Å². The van der Waals surface area contributed by atoms with Gasteiger partial charge in [0.15, 0.2) is 11.5 Å². The lowest BCUT2D eigenvalue weighted by Crippen LogP contribution is -2.40. The highest BCUT2D eigenvalue weighted by molar-refractivity contribution is 8.00. The number of carbonyl (C=O) groups is 1. The molecule has 1 amide bonds. The zero-order valence-corrected chi connectivity index (χ0v) is 21.2. The van der Waals surface area contributed by atoms with Crippen molar-refractivity contribution in [3.63, 3.8) is 0 Å². The molecule has 0 spiro atoms. The number of carbonyl (C=O) groups excluding carboxylic acids is 1. The Morgan fingerprint density at radius 3 is 2.29 bits per heavy atom. The molecule has 0 saturated carbocycles. The largest absolute Gasteiger partial charge is 0.342 e. The number of likely N-dealkylation sites (tertiary alicyclic amines) is 1. The van der Waals surface area contributed by atoms with Crippen molar-refractivity contribution in [2.45, 2.75) is 56.2 Å². The van der Waals surface area contributed by atoms with Gasteiger partial charge in [0, 0.05) is 18.7 Å². The van der Waals surface area contributed by atoms with Crippen molar-refractivity contribution in [2.75, 3.05) is 13.1 Å². The molecule has 1 saturated heterocycles. The highest BCUT2D eigenvalue weighted by Gasteiger charge is 2.28. The van der Waals surface area contributed by atoms with Crippen molar-refractivity contribution in [1.82, 2.24) is 24.6 Å². The first-order valence-electron chi connectivity index (χ1n) is 12.6. The van der Waals surface area contributed by atoms with Gasteiger partial charge < -0.3 is 4.90 Å². The Kier molecular flexibility index (Phi) is 7.13. The minimum Gasteiger partial charge on any atom is -0.342 e. The van der Waals surface area contributed by atoms with Crippen LogP contribution in [0.3, 0.4) is 0 Å². The number of benzene rings is 2. The summed E-state index contributed by atoms with van der Waals surface area (Å²) in [5.41, 5.74) is 3.64. The van der Waals surface area contributed by atoms with Gasteiger partial charge in [0.25, 0.3) is 0 Å². The summed E-state index contributed by atoms with van der Waals surface area (Å²) in [4.78, 5) is 25.5. The number of hydrogen-bond acceptors (Lipinski definition) is 5. The summed E-state index contributed by atoms with van der Waals surface area (Å²) < 4.78 is 1.92. The maximum atomic E-state index is 13.4. The van der Waals surface area contributed by atoms with Crippen LogP contribution in [0.5, 0.6) is 0 Å². The molecule has 2 aromatic heterocycles. The van der Waals surface area contributed by atoms with Gasteiger partial charge in [-0.05, 0) is 44.2 Å². The molecule has 1 atom stereocenters. The summed E-state index contributed by atoms with van der Waals surface area (Å²) in [5, 5.41) is 6.55. The van der Waals surface area contributed by atoms with Crippen LogP contribution in [0.15, 0.2) is 65.7 Å². The van der Waals surface area contributed by atoms with Gasteiger partial charge in [0.05, 0.1) is 22.0 Å². The Morgan fingerprint density at radius 2 is 1.63 bits per heavy atom. The molecule has 3 heterocycles.